The third-order valence-electron chi connectivity index (χ3n) is 4.96. The Labute approximate surface area is 221 Å². The number of anilines is 1. The maximum atomic E-state index is 12.3. The third-order valence-corrected chi connectivity index (χ3v) is 6.80. The molecule has 178 valence electrons. The van der Waals surface area contributed by atoms with Crippen molar-refractivity contribution in [1.82, 2.24) is 5.32 Å². The van der Waals surface area contributed by atoms with Crippen LogP contribution in [0.25, 0.3) is 10.8 Å². The molecule has 0 atom stereocenters. The van der Waals surface area contributed by atoms with Crippen molar-refractivity contribution in [3.8, 4) is 11.5 Å². The highest BCUT2D eigenvalue weighted by atomic mass is 35.5. The van der Waals surface area contributed by atoms with Gasteiger partial charge in [0.1, 0.15) is 5.75 Å². The topological polar surface area (TPSA) is 67.4 Å². The van der Waals surface area contributed by atoms with Crippen LogP contribution in [0.3, 0.4) is 0 Å². The van der Waals surface area contributed by atoms with Gasteiger partial charge in [-0.3, -0.25) is 10.1 Å². The number of carbonyl (C=O) groups is 2. The van der Waals surface area contributed by atoms with E-state index in [0.717, 1.165) is 21.4 Å². The number of hydrogen-bond acceptors (Lipinski definition) is 4. The predicted octanol–water partition coefficient (Wildman–Crippen LogP) is 8.67. The van der Waals surface area contributed by atoms with Gasteiger partial charge in [-0.2, -0.15) is 0 Å². The van der Waals surface area contributed by atoms with E-state index in [1.807, 2.05) is 30.3 Å². The number of halogens is 3. The Balaban J connectivity index is 1.51. The minimum Gasteiger partial charge on any atom is -0.454 e. The van der Waals surface area contributed by atoms with Gasteiger partial charge in [0.25, 0.3) is 5.91 Å². The quantitative estimate of drug-likeness (QED) is 0.238. The van der Waals surface area contributed by atoms with Crippen LogP contribution in [0.1, 0.15) is 17.3 Å². The summed E-state index contributed by atoms with van der Waals surface area (Å²) in [6, 6.07) is 20.2. The van der Waals surface area contributed by atoms with E-state index in [9.17, 15) is 9.59 Å². The average Bonchev–Trinajstić information content (AvgIpc) is 2.83. The van der Waals surface area contributed by atoms with Gasteiger partial charge in [-0.1, -0.05) is 78.1 Å². The molecule has 0 heterocycles. The molecule has 0 aliphatic rings. The molecular formula is C26H19Cl3N2O3S. The van der Waals surface area contributed by atoms with Gasteiger partial charge >= 0.3 is 6.03 Å². The van der Waals surface area contributed by atoms with Gasteiger partial charge < -0.3 is 10.1 Å². The SMILES string of the molecule is CCSc1cc(Cl)c(Oc2ccc(NC(=O)NC(=O)c3ccccc3Cl)cc2Cl)c2ccccc12. The van der Waals surface area contributed by atoms with E-state index < -0.39 is 11.9 Å². The number of ether oxygens (including phenoxy) is 1. The van der Waals surface area contributed by atoms with E-state index in [1.165, 1.54) is 12.1 Å². The summed E-state index contributed by atoms with van der Waals surface area (Å²) in [5.74, 6) is 1.16. The Bertz CT molecular complexity index is 1430. The van der Waals surface area contributed by atoms with Crippen molar-refractivity contribution in [2.45, 2.75) is 11.8 Å². The van der Waals surface area contributed by atoms with Crippen LogP contribution >= 0.6 is 46.6 Å². The molecule has 0 saturated heterocycles. The highest BCUT2D eigenvalue weighted by molar-refractivity contribution is 7.99. The lowest BCUT2D eigenvalue weighted by Gasteiger charge is -2.15. The molecule has 0 fully saturated rings. The fourth-order valence-electron chi connectivity index (χ4n) is 3.41. The summed E-state index contributed by atoms with van der Waals surface area (Å²) in [5.41, 5.74) is 0.566. The molecule has 0 radical (unpaired) electrons. The zero-order chi connectivity index (χ0) is 24.9. The molecule has 0 unspecified atom stereocenters. The zero-order valence-corrected chi connectivity index (χ0v) is 21.5. The van der Waals surface area contributed by atoms with E-state index in [-0.39, 0.29) is 15.6 Å². The van der Waals surface area contributed by atoms with Crippen LogP contribution in [0.2, 0.25) is 15.1 Å². The summed E-state index contributed by atoms with van der Waals surface area (Å²) in [6.45, 7) is 2.08. The minimum absolute atomic E-state index is 0.193. The Hall–Kier alpha value is -2.90. The summed E-state index contributed by atoms with van der Waals surface area (Å²) >= 11 is 20.7. The first-order chi connectivity index (χ1) is 16.9. The minimum atomic E-state index is -0.724. The molecule has 0 aromatic heterocycles. The molecular weight excluding hydrogens is 527 g/mol. The van der Waals surface area contributed by atoms with Crippen LogP contribution in [0.15, 0.2) is 77.7 Å². The average molecular weight is 546 g/mol. The number of carbonyl (C=O) groups excluding carboxylic acids is 2. The van der Waals surface area contributed by atoms with Crippen molar-refractivity contribution in [2.24, 2.45) is 0 Å². The standard InChI is InChI=1S/C26H19Cl3N2O3S/c1-2-35-23-14-21(29)24(17-8-4-3-7-16(17)23)34-22-12-11-15(13-20(22)28)30-26(33)31-25(32)18-9-5-6-10-19(18)27/h3-14H,2H2,1H3,(H2,30,31,32,33). The summed E-state index contributed by atoms with van der Waals surface area (Å²) in [4.78, 5) is 25.6. The van der Waals surface area contributed by atoms with Crippen LogP contribution < -0.4 is 15.4 Å². The molecule has 0 spiro atoms. The highest BCUT2D eigenvalue weighted by Crippen LogP contribution is 2.43. The Morgan fingerprint density at radius 3 is 2.29 bits per heavy atom. The molecule has 4 aromatic carbocycles. The second-order valence-corrected chi connectivity index (χ2v) is 9.83. The van der Waals surface area contributed by atoms with Crippen LogP contribution in [0, 0.1) is 0 Å². The van der Waals surface area contributed by atoms with Gasteiger partial charge in [-0.05, 0) is 47.5 Å². The molecule has 35 heavy (non-hydrogen) atoms. The summed E-state index contributed by atoms with van der Waals surface area (Å²) in [7, 11) is 0. The van der Waals surface area contributed by atoms with Crippen LogP contribution in [0.4, 0.5) is 10.5 Å². The van der Waals surface area contributed by atoms with Crippen molar-refractivity contribution in [2.75, 3.05) is 11.1 Å². The molecule has 2 N–H and O–H groups in total. The van der Waals surface area contributed by atoms with Gasteiger partial charge in [0.2, 0.25) is 0 Å². The van der Waals surface area contributed by atoms with Crippen LogP contribution in [-0.2, 0) is 0 Å². The lowest BCUT2D eigenvalue weighted by atomic mass is 10.1. The number of imide groups is 1. The Kier molecular flexibility index (Phi) is 8.08. The number of hydrogen-bond donors (Lipinski definition) is 2. The van der Waals surface area contributed by atoms with E-state index in [1.54, 1.807) is 42.1 Å². The Morgan fingerprint density at radius 2 is 1.57 bits per heavy atom. The van der Waals surface area contributed by atoms with Crippen molar-refractivity contribution >= 4 is 75.0 Å². The van der Waals surface area contributed by atoms with Crippen molar-refractivity contribution < 1.29 is 14.3 Å². The zero-order valence-electron chi connectivity index (χ0n) is 18.4. The maximum Gasteiger partial charge on any atom is 0.326 e. The summed E-state index contributed by atoms with van der Waals surface area (Å²) < 4.78 is 6.11. The molecule has 4 aromatic rings. The molecule has 0 bridgehead atoms. The first kappa shape index (κ1) is 25.2. The smallest absolute Gasteiger partial charge is 0.326 e. The molecule has 3 amide bonds. The molecule has 9 heteroatoms. The van der Waals surface area contributed by atoms with E-state index in [0.29, 0.717) is 22.2 Å². The molecule has 0 aliphatic heterocycles. The fraction of sp³-hybridized carbons (Fsp3) is 0.0769. The summed E-state index contributed by atoms with van der Waals surface area (Å²) in [6.07, 6.45) is 0. The number of rotatable bonds is 6. The van der Waals surface area contributed by atoms with E-state index in [2.05, 4.69) is 17.6 Å². The van der Waals surface area contributed by atoms with Crippen LogP contribution in [0.5, 0.6) is 11.5 Å². The predicted molar refractivity (Wildman–Crippen MR) is 145 cm³/mol. The molecule has 0 saturated carbocycles. The normalized spacial score (nSPS) is 10.7. The fourth-order valence-corrected chi connectivity index (χ4v) is 5.01. The van der Waals surface area contributed by atoms with Gasteiger partial charge in [0, 0.05) is 16.0 Å². The molecule has 5 nitrogen and oxygen atoms in total. The van der Waals surface area contributed by atoms with Crippen molar-refractivity contribution in [1.29, 1.82) is 0 Å². The molecule has 4 rings (SSSR count). The highest BCUT2D eigenvalue weighted by Gasteiger charge is 2.16. The first-order valence-electron chi connectivity index (χ1n) is 10.6. The second kappa shape index (κ2) is 11.2. The second-order valence-electron chi connectivity index (χ2n) is 7.30. The lowest BCUT2D eigenvalue weighted by Crippen LogP contribution is -2.34. The monoisotopic (exact) mass is 544 g/mol. The first-order valence-corrected chi connectivity index (χ1v) is 12.7. The van der Waals surface area contributed by atoms with Crippen molar-refractivity contribution in [3.05, 3.63) is 93.4 Å². The number of benzene rings is 4. The number of nitrogens with one attached hydrogen (secondary N) is 2. The number of thioether (sulfide) groups is 1. The van der Waals surface area contributed by atoms with Crippen LogP contribution in [-0.4, -0.2) is 17.7 Å². The number of amides is 3. The summed E-state index contributed by atoms with van der Waals surface area (Å²) in [5, 5.41) is 7.68. The van der Waals surface area contributed by atoms with Gasteiger partial charge in [-0.25, -0.2) is 4.79 Å². The Morgan fingerprint density at radius 1 is 0.857 bits per heavy atom. The molecule has 0 aliphatic carbocycles. The number of urea groups is 1. The van der Waals surface area contributed by atoms with Gasteiger partial charge in [0.15, 0.2) is 5.75 Å². The van der Waals surface area contributed by atoms with Gasteiger partial charge in [-0.15, -0.1) is 11.8 Å². The van der Waals surface area contributed by atoms with E-state index in [4.69, 9.17) is 39.5 Å². The van der Waals surface area contributed by atoms with E-state index >= 15 is 0 Å². The lowest BCUT2D eigenvalue weighted by molar-refractivity contribution is 0.0967. The number of fused-ring (bicyclic) bond motifs is 1. The van der Waals surface area contributed by atoms with Crippen molar-refractivity contribution in [3.63, 3.8) is 0 Å². The largest absolute Gasteiger partial charge is 0.454 e. The third kappa shape index (κ3) is 5.85. The van der Waals surface area contributed by atoms with Gasteiger partial charge in [0.05, 0.1) is 20.6 Å². The maximum absolute atomic E-state index is 12.3.